The maximum absolute atomic E-state index is 12.2. The first-order valence-corrected chi connectivity index (χ1v) is 6.83. The average Bonchev–Trinajstić information content (AvgIpc) is 2.84. The topological polar surface area (TPSA) is 89.9 Å². The van der Waals surface area contributed by atoms with E-state index in [0.29, 0.717) is 19.5 Å². The number of hydrogen-bond acceptors (Lipinski definition) is 3. The van der Waals surface area contributed by atoms with Gasteiger partial charge in [-0.2, -0.15) is 0 Å². The Labute approximate surface area is 112 Å². The molecular formula is C13H22N2O4. The molecule has 1 saturated heterocycles. The minimum Gasteiger partial charge on any atom is -0.481 e. The third kappa shape index (κ3) is 3.37. The van der Waals surface area contributed by atoms with E-state index < -0.39 is 17.1 Å². The van der Waals surface area contributed by atoms with Crippen molar-refractivity contribution in [1.29, 1.82) is 0 Å². The van der Waals surface area contributed by atoms with Crippen molar-refractivity contribution in [3.8, 4) is 0 Å². The van der Waals surface area contributed by atoms with Crippen molar-refractivity contribution in [2.75, 3.05) is 13.1 Å². The number of aliphatic hydroxyl groups is 1. The van der Waals surface area contributed by atoms with Crippen molar-refractivity contribution >= 4 is 12.0 Å². The summed E-state index contributed by atoms with van der Waals surface area (Å²) in [6, 6.07) is -0.249. The van der Waals surface area contributed by atoms with Gasteiger partial charge in [0.25, 0.3) is 0 Å². The Hall–Kier alpha value is -1.30. The Balaban J connectivity index is 1.98. The Morgan fingerprint density at radius 2 is 1.89 bits per heavy atom. The first kappa shape index (κ1) is 14.1. The van der Waals surface area contributed by atoms with E-state index in [9.17, 15) is 14.7 Å². The fourth-order valence-electron chi connectivity index (χ4n) is 3.11. The quantitative estimate of drug-likeness (QED) is 0.712. The number of hydrogen-bond donors (Lipinski definition) is 3. The standard InChI is InChI=1S/C13H22N2O4/c1-12(19)6-7-15(9-12)11(18)14-13(8-10(16)17)4-2-3-5-13/h19H,2-9H2,1H3,(H,14,18)(H,16,17). The number of nitrogens with one attached hydrogen (secondary N) is 1. The lowest BCUT2D eigenvalue weighted by Gasteiger charge is -2.31. The van der Waals surface area contributed by atoms with Crippen LogP contribution in [-0.4, -0.2) is 51.3 Å². The highest BCUT2D eigenvalue weighted by molar-refractivity contribution is 5.77. The maximum Gasteiger partial charge on any atom is 0.317 e. The van der Waals surface area contributed by atoms with E-state index in [1.165, 1.54) is 0 Å². The number of likely N-dealkylation sites (tertiary alicyclic amines) is 1. The summed E-state index contributed by atoms with van der Waals surface area (Å²) in [6.07, 6.45) is 3.87. The number of rotatable bonds is 3. The van der Waals surface area contributed by atoms with Crippen LogP contribution in [0.3, 0.4) is 0 Å². The molecule has 0 aromatic heterocycles. The Morgan fingerprint density at radius 3 is 2.37 bits per heavy atom. The minimum absolute atomic E-state index is 0.0248. The molecule has 1 atom stereocenters. The molecule has 108 valence electrons. The normalized spacial score (nSPS) is 29.5. The Kier molecular flexibility index (Phi) is 3.71. The fraction of sp³-hybridized carbons (Fsp3) is 0.846. The molecule has 6 nitrogen and oxygen atoms in total. The van der Waals surface area contributed by atoms with Crippen LogP contribution in [0, 0.1) is 0 Å². The van der Waals surface area contributed by atoms with Gasteiger partial charge in [0, 0.05) is 6.54 Å². The predicted octanol–water partition coefficient (Wildman–Crippen LogP) is 0.940. The lowest BCUT2D eigenvalue weighted by Crippen LogP contribution is -2.52. The van der Waals surface area contributed by atoms with Gasteiger partial charge < -0.3 is 20.4 Å². The molecule has 6 heteroatoms. The van der Waals surface area contributed by atoms with Crippen molar-refractivity contribution in [3.05, 3.63) is 0 Å². The molecule has 1 saturated carbocycles. The molecule has 0 aromatic rings. The van der Waals surface area contributed by atoms with E-state index >= 15 is 0 Å². The van der Waals surface area contributed by atoms with Crippen LogP contribution in [0.5, 0.6) is 0 Å². The van der Waals surface area contributed by atoms with Crippen molar-refractivity contribution in [2.45, 2.75) is 56.6 Å². The lowest BCUT2D eigenvalue weighted by atomic mass is 9.93. The minimum atomic E-state index is -0.879. The molecule has 0 spiro atoms. The SMILES string of the molecule is CC1(O)CCN(C(=O)NC2(CC(=O)O)CCCC2)C1. The highest BCUT2D eigenvalue weighted by atomic mass is 16.4. The number of carboxylic acids is 1. The highest BCUT2D eigenvalue weighted by Crippen LogP contribution is 2.33. The summed E-state index contributed by atoms with van der Waals surface area (Å²) in [5, 5.41) is 21.8. The van der Waals surface area contributed by atoms with Gasteiger partial charge >= 0.3 is 12.0 Å². The first-order chi connectivity index (χ1) is 8.82. The zero-order valence-electron chi connectivity index (χ0n) is 11.3. The van der Waals surface area contributed by atoms with Gasteiger partial charge in [0.1, 0.15) is 0 Å². The predicted molar refractivity (Wildman–Crippen MR) is 68.8 cm³/mol. The summed E-state index contributed by atoms with van der Waals surface area (Å²) < 4.78 is 0. The van der Waals surface area contributed by atoms with E-state index in [0.717, 1.165) is 25.7 Å². The fourth-order valence-corrected chi connectivity index (χ4v) is 3.11. The number of β-amino-alcohol motifs (C(OH)–C–C–N with tert-alkyl or cyclic N) is 1. The molecule has 1 heterocycles. The number of aliphatic carboxylic acids is 1. The molecule has 19 heavy (non-hydrogen) atoms. The van der Waals surface area contributed by atoms with E-state index in [1.807, 2.05) is 0 Å². The van der Waals surface area contributed by atoms with Crippen LogP contribution in [0.25, 0.3) is 0 Å². The summed E-state index contributed by atoms with van der Waals surface area (Å²) in [7, 11) is 0. The maximum atomic E-state index is 12.2. The molecule has 0 bridgehead atoms. The Morgan fingerprint density at radius 1 is 1.26 bits per heavy atom. The van der Waals surface area contributed by atoms with E-state index in [4.69, 9.17) is 5.11 Å². The third-order valence-corrected chi connectivity index (χ3v) is 4.16. The van der Waals surface area contributed by atoms with Gasteiger partial charge in [-0.05, 0) is 26.2 Å². The van der Waals surface area contributed by atoms with Crippen molar-refractivity contribution in [3.63, 3.8) is 0 Å². The number of urea groups is 1. The molecule has 2 rings (SSSR count). The molecule has 1 aliphatic carbocycles. The monoisotopic (exact) mass is 270 g/mol. The van der Waals surface area contributed by atoms with Crippen LogP contribution in [-0.2, 0) is 4.79 Å². The van der Waals surface area contributed by atoms with E-state index in [1.54, 1.807) is 11.8 Å². The van der Waals surface area contributed by atoms with Crippen LogP contribution >= 0.6 is 0 Å². The number of amides is 2. The summed E-state index contributed by atoms with van der Waals surface area (Å²) >= 11 is 0. The molecule has 2 fully saturated rings. The van der Waals surface area contributed by atoms with Gasteiger partial charge in [-0.25, -0.2) is 4.79 Å². The van der Waals surface area contributed by atoms with Crippen LogP contribution < -0.4 is 5.32 Å². The second kappa shape index (κ2) is 5.00. The van der Waals surface area contributed by atoms with Gasteiger partial charge in [0.15, 0.2) is 0 Å². The second-order valence-electron chi connectivity index (χ2n) is 6.16. The first-order valence-electron chi connectivity index (χ1n) is 6.83. The Bertz CT molecular complexity index is 375. The van der Waals surface area contributed by atoms with Gasteiger partial charge in [-0.3, -0.25) is 4.79 Å². The average molecular weight is 270 g/mol. The van der Waals surface area contributed by atoms with Crippen LogP contribution in [0.4, 0.5) is 4.79 Å². The van der Waals surface area contributed by atoms with Crippen molar-refractivity contribution in [2.24, 2.45) is 0 Å². The van der Waals surface area contributed by atoms with Crippen molar-refractivity contribution < 1.29 is 19.8 Å². The van der Waals surface area contributed by atoms with Gasteiger partial charge in [-0.1, -0.05) is 12.8 Å². The third-order valence-electron chi connectivity index (χ3n) is 4.16. The van der Waals surface area contributed by atoms with Gasteiger partial charge in [0.05, 0.1) is 24.1 Å². The summed E-state index contributed by atoms with van der Waals surface area (Å²) in [4.78, 5) is 24.7. The zero-order valence-corrected chi connectivity index (χ0v) is 11.3. The summed E-state index contributed by atoms with van der Waals surface area (Å²) in [5.74, 6) is -0.879. The zero-order chi connectivity index (χ0) is 14.1. The summed E-state index contributed by atoms with van der Waals surface area (Å²) in [6.45, 7) is 2.53. The molecule has 1 aliphatic heterocycles. The van der Waals surface area contributed by atoms with Gasteiger partial charge in [0.2, 0.25) is 0 Å². The van der Waals surface area contributed by atoms with Gasteiger partial charge in [-0.15, -0.1) is 0 Å². The van der Waals surface area contributed by atoms with E-state index in [-0.39, 0.29) is 12.5 Å². The summed E-state index contributed by atoms with van der Waals surface area (Å²) in [5.41, 5.74) is -1.43. The van der Waals surface area contributed by atoms with E-state index in [2.05, 4.69) is 5.32 Å². The van der Waals surface area contributed by atoms with Crippen LogP contribution in [0.15, 0.2) is 0 Å². The smallest absolute Gasteiger partial charge is 0.317 e. The molecule has 1 unspecified atom stereocenters. The number of nitrogens with zero attached hydrogens (tertiary/aromatic N) is 1. The molecule has 0 aromatic carbocycles. The lowest BCUT2D eigenvalue weighted by molar-refractivity contribution is -0.138. The molecule has 2 aliphatic rings. The number of carbonyl (C=O) groups excluding carboxylic acids is 1. The van der Waals surface area contributed by atoms with Crippen LogP contribution in [0.1, 0.15) is 45.4 Å². The second-order valence-corrected chi connectivity index (χ2v) is 6.16. The van der Waals surface area contributed by atoms with Crippen LogP contribution in [0.2, 0.25) is 0 Å². The molecule has 0 radical (unpaired) electrons. The molecule has 2 amide bonds. The molecular weight excluding hydrogens is 248 g/mol. The number of carboxylic acid groups (broad SMARTS) is 1. The highest BCUT2D eigenvalue weighted by Gasteiger charge is 2.40. The van der Waals surface area contributed by atoms with Crippen molar-refractivity contribution in [1.82, 2.24) is 10.2 Å². The number of carbonyl (C=O) groups is 2. The largest absolute Gasteiger partial charge is 0.481 e. The molecule has 3 N–H and O–H groups in total.